The number of nitrogens with zero attached hydrogens (tertiary/aromatic N) is 1. The Morgan fingerprint density at radius 1 is 1.21 bits per heavy atom. The number of carboxylic acid groups (broad SMARTS) is 2. The maximum atomic E-state index is 10.8. The number of carboxylic acids is 2. The number of rotatable bonds is 7. The summed E-state index contributed by atoms with van der Waals surface area (Å²) in [4.78, 5) is 22.9. The van der Waals surface area contributed by atoms with E-state index in [1.54, 1.807) is 4.90 Å². The van der Waals surface area contributed by atoms with Gasteiger partial charge in [0.2, 0.25) is 0 Å². The highest BCUT2D eigenvalue weighted by Crippen LogP contribution is 2.07. The quantitative estimate of drug-likeness (QED) is 0.635. The van der Waals surface area contributed by atoms with Crippen LogP contribution < -0.4 is 0 Å². The molecule has 2 N–H and O–H groups in total. The first-order valence-electron chi connectivity index (χ1n) is 4.71. The van der Waals surface area contributed by atoms with Crippen LogP contribution in [0.15, 0.2) is 0 Å². The van der Waals surface area contributed by atoms with Gasteiger partial charge in [0, 0.05) is 6.42 Å². The van der Waals surface area contributed by atoms with Gasteiger partial charge in [-0.3, -0.25) is 14.5 Å². The fourth-order valence-corrected chi connectivity index (χ4v) is 1.39. The van der Waals surface area contributed by atoms with Gasteiger partial charge < -0.3 is 10.2 Å². The lowest BCUT2D eigenvalue weighted by Crippen LogP contribution is -2.41. The predicted octanol–water partition coefficient (Wildman–Crippen LogP) is 0.646. The van der Waals surface area contributed by atoms with Crippen molar-refractivity contribution >= 4 is 11.9 Å². The van der Waals surface area contributed by atoms with E-state index in [0.29, 0.717) is 13.1 Å². The summed E-state index contributed by atoms with van der Waals surface area (Å²) in [6, 6.07) is -0.680. The van der Waals surface area contributed by atoms with Gasteiger partial charge in [-0.1, -0.05) is 13.8 Å². The van der Waals surface area contributed by atoms with E-state index >= 15 is 0 Å². The molecular formula is C9H17NO4. The number of likely N-dealkylation sites (N-methyl/N-ethyl adjacent to an activating group) is 1. The van der Waals surface area contributed by atoms with Crippen LogP contribution in [0.25, 0.3) is 0 Å². The molecule has 0 heterocycles. The first kappa shape index (κ1) is 12.9. The fraction of sp³-hybridized carbons (Fsp3) is 0.778. The molecule has 0 rings (SSSR count). The zero-order valence-electron chi connectivity index (χ0n) is 8.56. The molecule has 0 amide bonds. The van der Waals surface area contributed by atoms with Crippen LogP contribution in [0.4, 0.5) is 0 Å². The summed E-state index contributed by atoms with van der Waals surface area (Å²) in [5.41, 5.74) is 0. The van der Waals surface area contributed by atoms with Crippen molar-refractivity contribution in [1.29, 1.82) is 0 Å². The van der Waals surface area contributed by atoms with Crippen LogP contribution >= 0.6 is 0 Å². The van der Waals surface area contributed by atoms with Crippen molar-refractivity contribution in [2.45, 2.75) is 32.7 Å². The summed E-state index contributed by atoms with van der Waals surface area (Å²) in [6.07, 6.45) is 0.0554. The lowest BCUT2D eigenvalue weighted by atomic mass is 10.1. The van der Waals surface area contributed by atoms with E-state index in [2.05, 4.69) is 0 Å². The van der Waals surface area contributed by atoms with Gasteiger partial charge in [0.25, 0.3) is 0 Å². The highest BCUT2D eigenvalue weighted by atomic mass is 16.4. The molecule has 0 saturated carbocycles. The Balaban J connectivity index is 4.27. The first-order valence-corrected chi connectivity index (χ1v) is 4.71. The third kappa shape index (κ3) is 4.23. The molecule has 5 nitrogen and oxygen atoms in total. The Labute approximate surface area is 83.3 Å². The molecule has 0 saturated heterocycles. The summed E-state index contributed by atoms with van der Waals surface area (Å²) in [5.74, 6) is -1.90. The molecule has 0 aromatic heterocycles. The predicted molar refractivity (Wildman–Crippen MR) is 51.2 cm³/mol. The van der Waals surface area contributed by atoms with Crippen molar-refractivity contribution in [2.75, 3.05) is 13.1 Å². The molecular weight excluding hydrogens is 186 g/mol. The molecule has 0 aromatic carbocycles. The van der Waals surface area contributed by atoms with E-state index in [4.69, 9.17) is 10.2 Å². The van der Waals surface area contributed by atoms with Crippen molar-refractivity contribution in [3.63, 3.8) is 0 Å². The SMILES string of the molecule is CCN(CC)[C@@H](CCC(=O)O)C(=O)O. The summed E-state index contributed by atoms with van der Waals surface area (Å²) in [5, 5.41) is 17.3. The minimum absolute atomic E-state index is 0.104. The first-order chi connectivity index (χ1) is 6.52. The number of carbonyl (C=O) groups is 2. The van der Waals surface area contributed by atoms with Crippen LogP contribution in [0.1, 0.15) is 26.7 Å². The van der Waals surface area contributed by atoms with Crippen LogP contribution in [0.3, 0.4) is 0 Å². The Bertz CT molecular complexity index is 201. The maximum absolute atomic E-state index is 10.8. The van der Waals surface area contributed by atoms with Crippen molar-refractivity contribution in [1.82, 2.24) is 4.90 Å². The molecule has 0 aliphatic carbocycles. The monoisotopic (exact) mass is 203 g/mol. The molecule has 5 heteroatoms. The van der Waals surface area contributed by atoms with E-state index < -0.39 is 18.0 Å². The van der Waals surface area contributed by atoms with Crippen molar-refractivity contribution in [3.8, 4) is 0 Å². The molecule has 0 aliphatic rings. The maximum Gasteiger partial charge on any atom is 0.320 e. The third-order valence-electron chi connectivity index (χ3n) is 2.17. The molecule has 0 aromatic rings. The van der Waals surface area contributed by atoms with Crippen LogP contribution in [0.2, 0.25) is 0 Å². The van der Waals surface area contributed by atoms with Crippen molar-refractivity contribution < 1.29 is 19.8 Å². The Morgan fingerprint density at radius 3 is 2.00 bits per heavy atom. The number of aliphatic carboxylic acids is 2. The van der Waals surface area contributed by atoms with Gasteiger partial charge in [0.15, 0.2) is 0 Å². The van der Waals surface area contributed by atoms with Gasteiger partial charge in [0.05, 0.1) is 0 Å². The van der Waals surface area contributed by atoms with Crippen molar-refractivity contribution in [3.05, 3.63) is 0 Å². The second-order valence-electron chi connectivity index (χ2n) is 3.01. The Hall–Kier alpha value is -1.10. The summed E-state index contributed by atoms with van der Waals surface area (Å²) in [6.45, 7) is 4.96. The van der Waals surface area contributed by atoms with Crippen LogP contribution in [0, 0.1) is 0 Å². The minimum atomic E-state index is -0.955. The van der Waals surface area contributed by atoms with E-state index in [9.17, 15) is 9.59 Å². The zero-order valence-corrected chi connectivity index (χ0v) is 8.56. The lowest BCUT2D eigenvalue weighted by molar-refractivity contribution is -0.144. The Morgan fingerprint density at radius 2 is 1.71 bits per heavy atom. The molecule has 14 heavy (non-hydrogen) atoms. The van der Waals surface area contributed by atoms with Gasteiger partial charge in [0.1, 0.15) is 6.04 Å². The number of hydrogen-bond donors (Lipinski definition) is 2. The minimum Gasteiger partial charge on any atom is -0.481 e. The second kappa shape index (κ2) is 6.37. The van der Waals surface area contributed by atoms with Gasteiger partial charge in [-0.2, -0.15) is 0 Å². The molecule has 82 valence electrons. The second-order valence-corrected chi connectivity index (χ2v) is 3.01. The van der Waals surface area contributed by atoms with Gasteiger partial charge in [-0.25, -0.2) is 0 Å². The largest absolute Gasteiger partial charge is 0.481 e. The van der Waals surface area contributed by atoms with Crippen molar-refractivity contribution in [2.24, 2.45) is 0 Å². The normalized spacial score (nSPS) is 12.8. The standard InChI is InChI=1S/C9H17NO4/c1-3-10(4-2)7(9(13)14)5-6-8(11)12/h7H,3-6H2,1-2H3,(H,11,12)(H,13,14)/t7-/m0/s1. The van der Waals surface area contributed by atoms with Crippen LogP contribution in [0.5, 0.6) is 0 Å². The third-order valence-corrected chi connectivity index (χ3v) is 2.17. The van der Waals surface area contributed by atoms with E-state index in [1.165, 1.54) is 0 Å². The topological polar surface area (TPSA) is 77.8 Å². The lowest BCUT2D eigenvalue weighted by Gasteiger charge is -2.25. The molecule has 0 radical (unpaired) electrons. The summed E-state index contributed by atoms with van der Waals surface area (Å²) < 4.78 is 0. The molecule has 0 spiro atoms. The van der Waals surface area contributed by atoms with E-state index in [0.717, 1.165) is 0 Å². The van der Waals surface area contributed by atoms with Crippen LogP contribution in [-0.4, -0.2) is 46.2 Å². The molecule has 1 atom stereocenters. The van der Waals surface area contributed by atoms with Crippen LogP contribution in [-0.2, 0) is 9.59 Å². The summed E-state index contributed by atoms with van der Waals surface area (Å²) in [7, 11) is 0. The zero-order chi connectivity index (χ0) is 11.1. The average Bonchev–Trinajstić information content (AvgIpc) is 2.11. The smallest absolute Gasteiger partial charge is 0.320 e. The fourth-order valence-electron chi connectivity index (χ4n) is 1.39. The molecule has 0 bridgehead atoms. The van der Waals surface area contributed by atoms with E-state index in [-0.39, 0.29) is 12.8 Å². The Kier molecular flexibility index (Phi) is 5.87. The average molecular weight is 203 g/mol. The highest BCUT2D eigenvalue weighted by molar-refractivity contribution is 5.75. The van der Waals surface area contributed by atoms with E-state index in [1.807, 2.05) is 13.8 Å². The summed E-state index contributed by atoms with van der Waals surface area (Å²) >= 11 is 0. The molecule has 0 fully saturated rings. The van der Waals surface area contributed by atoms with Gasteiger partial charge in [-0.05, 0) is 19.5 Å². The van der Waals surface area contributed by atoms with Gasteiger partial charge >= 0.3 is 11.9 Å². The molecule has 0 aliphatic heterocycles. The highest BCUT2D eigenvalue weighted by Gasteiger charge is 2.23. The number of hydrogen-bond acceptors (Lipinski definition) is 3. The molecule has 0 unspecified atom stereocenters. The van der Waals surface area contributed by atoms with Gasteiger partial charge in [-0.15, -0.1) is 0 Å².